The number of anilines is 1. The summed E-state index contributed by atoms with van der Waals surface area (Å²) in [6.45, 7) is 2.40. The second-order valence-corrected chi connectivity index (χ2v) is 12.4. The second kappa shape index (κ2) is 17.4. The summed E-state index contributed by atoms with van der Waals surface area (Å²) < 4.78 is 35.3. The number of carbonyl (C=O) groups is 1. The molecule has 0 saturated carbocycles. The summed E-state index contributed by atoms with van der Waals surface area (Å²) in [4.78, 5) is 26.8. The van der Waals surface area contributed by atoms with Crippen molar-refractivity contribution in [1.82, 2.24) is 19.8 Å². The van der Waals surface area contributed by atoms with E-state index in [4.69, 9.17) is 21.4 Å². The van der Waals surface area contributed by atoms with Gasteiger partial charge in [-0.05, 0) is 31.6 Å². The summed E-state index contributed by atoms with van der Waals surface area (Å²) in [6, 6.07) is 2.21. The van der Waals surface area contributed by atoms with Crippen molar-refractivity contribution in [2.75, 3.05) is 63.9 Å². The van der Waals surface area contributed by atoms with Gasteiger partial charge < -0.3 is 40.1 Å². The van der Waals surface area contributed by atoms with Crippen molar-refractivity contribution in [1.29, 1.82) is 0 Å². The lowest BCUT2D eigenvalue weighted by Gasteiger charge is -2.37. The van der Waals surface area contributed by atoms with Crippen molar-refractivity contribution < 1.29 is 43.8 Å². The SMILES string of the molecule is O=C(Cc1c(F)cc(OCCCCC2CCN(c3ncc(Cl)cn3)CC2)cc1F)N1CCN(C[C@H](O)C(O)C(O)[C@H](O)CO)CC1. The van der Waals surface area contributed by atoms with Crippen molar-refractivity contribution >= 4 is 23.5 Å². The van der Waals surface area contributed by atoms with Crippen molar-refractivity contribution in [3.8, 4) is 5.75 Å². The number of aliphatic hydroxyl groups excluding tert-OH is 5. The molecule has 4 atom stereocenters. The summed E-state index contributed by atoms with van der Waals surface area (Å²) in [5.74, 6) is -0.785. The molecular weight excluding hydrogens is 628 g/mol. The number of nitrogens with zero attached hydrogens (tertiary/aromatic N) is 5. The van der Waals surface area contributed by atoms with Gasteiger partial charge in [0.2, 0.25) is 11.9 Å². The molecule has 2 unspecified atom stereocenters. The minimum Gasteiger partial charge on any atom is -0.493 e. The van der Waals surface area contributed by atoms with E-state index in [2.05, 4.69) is 14.9 Å². The van der Waals surface area contributed by atoms with Gasteiger partial charge in [-0.1, -0.05) is 18.0 Å². The van der Waals surface area contributed by atoms with E-state index < -0.39 is 55.0 Å². The number of carbonyl (C=O) groups excluding carboxylic acids is 1. The van der Waals surface area contributed by atoms with Crippen molar-refractivity contribution in [2.45, 2.75) is 62.9 Å². The van der Waals surface area contributed by atoms with Crippen LogP contribution >= 0.6 is 11.6 Å². The van der Waals surface area contributed by atoms with Gasteiger partial charge in [-0.2, -0.15) is 0 Å². The number of piperidine rings is 1. The first-order valence-corrected chi connectivity index (χ1v) is 16.1. The third kappa shape index (κ3) is 10.1. The Morgan fingerprint density at radius 2 is 1.54 bits per heavy atom. The quantitative estimate of drug-likeness (QED) is 0.172. The highest BCUT2D eigenvalue weighted by Crippen LogP contribution is 2.26. The van der Waals surface area contributed by atoms with Gasteiger partial charge in [-0.3, -0.25) is 9.69 Å². The van der Waals surface area contributed by atoms with E-state index in [9.17, 15) is 34.0 Å². The molecule has 0 aliphatic carbocycles. The molecule has 0 bridgehead atoms. The molecule has 2 saturated heterocycles. The molecule has 1 aromatic heterocycles. The molecule has 46 heavy (non-hydrogen) atoms. The Kier molecular flexibility index (Phi) is 13.7. The Bertz CT molecular complexity index is 1230. The summed E-state index contributed by atoms with van der Waals surface area (Å²) in [7, 11) is 0. The van der Waals surface area contributed by atoms with Crippen molar-refractivity contribution in [2.24, 2.45) is 5.92 Å². The molecule has 1 aromatic carbocycles. The molecule has 2 aliphatic rings. The second-order valence-electron chi connectivity index (χ2n) is 12.0. The van der Waals surface area contributed by atoms with Crippen LogP contribution in [-0.2, 0) is 11.2 Å². The fourth-order valence-electron chi connectivity index (χ4n) is 5.83. The van der Waals surface area contributed by atoms with Gasteiger partial charge in [0.25, 0.3) is 0 Å². The van der Waals surface area contributed by atoms with Crippen LogP contribution in [0.3, 0.4) is 0 Å². The largest absolute Gasteiger partial charge is 0.493 e. The van der Waals surface area contributed by atoms with Crippen LogP contribution in [0.5, 0.6) is 5.75 Å². The number of halogens is 3. The normalized spacial score (nSPS) is 19.1. The van der Waals surface area contributed by atoms with E-state index in [1.165, 1.54) is 4.90 Å². The molecule has 2 fully saturated rings. The predicted octanol–water partition coefficient (Wildman–Crippen LogP) is 0.996. The fourth-order valence-corrected chi connectivity index (χ4v) is 5.92. The van der Waals surface area contributed by atoms with Crippen LogP contribution in [0.25, 0.3) is 0 Å². The lowest BCUT2D eigenvalue weighted by atomic mass is 9.92. The highest BCUT2D eigenvalue weighted by atomic mass is 35.5. The number of benzene rings is 1. The number of ether oxygens (including phenoxy) is 1. The summed E-state index contributed by atoms with van der Waals surface area (Å²) in [5.41, 5.74) is -0.329. The first kappa shape index (κ1) is 36.1. The van der Waals surface area contributed by atoms with Crippen LogP contribution in [0.4, 0.5) is 14.7 Å². The van der Waals surface area contributed by atoms with Gasteiger partial charge in [0.15, 0.2) is 0 Å². The highest BCUT2D eigenvalue weighted by Gasteiger charge is 2.32. The van der Waals surface area contributed by atoms with Gasteiger partial charge in [0.05, 0.1) is 43.2 Å². The monoisotopic (exact) mass is 671 g/mol. The minimum atomic E-state index is -1.72. The molecule has 256 valence electrons. The van der Waals surface area contributed by atoms with E-state index in [1.807, 2.05) is 0 Å². The highest BCUT2D eigenvalue weighted by molar-refractivity contribution is 6.30. The standard InChI is InChI=1S/C31H44ClF2N5O7/c32-21-16-35-31(36-17-21)39-6-4-20(5-7-39)3-1-2-12-46-22-13-24(33)23(25(34)14-22)15-28(43)38-10-8-37(9-11-38)18-26(41)29(44)30(45)27(42)19-40/h13-14,16-17,20,26-27,29-30,40-42,44-45H,1-12,15,18-19H2/t26-,27+,29?,30?/m0/s1. The Balaban J connectivity index is 1.14. The zero-order valence-corrected chi connectivity index (χ0v) is 26.5. The number of amides is 1. The van der Waals surface area contributed by atoms with Crippen LogP contribution in [0.15, 0.2) is 24.5 Å². The third-order valence-electron chi connectivity index (χ3n) is 8.72. The average Bonchev–Trinajstić information content (AvgIpc) is 3.06. The van der Waals surface area contributed by atoms with Gasteiger partial charge in [-0.15, -0.1) is 0 Å². The van der Waals surface area contributed by atoms with E-state index in [1.54, 1.807) is 17.3 Å². The van der Waals surface area contributed by atoms with E-state index in [0.29, 0.717) is 36.6 Å². The lowest BCUT2D eigenvalue weighted by Crippen LogP contribution is -2.54. The third-order valence-corrected chi connectivity index (χ3v) is 8.91. The number of hydrogen-bond acceptors (Lipinski definition) is 11. The van der Waals surface area contributed by atoms with E-state index in [-0.39, 0.29) is 30.9 Å². The minimum absolute atomic E-state index is 0.0383. The van der Waals surface area contributed by atoms with Crippen LogP contribution in [-0.4, -0.2) is 135 Å². The Hall–Kier alpha value is -2.72. The average molecular weight is 672 g/mol. The zero-order chi connectivity index (χ0) is 33.2. The number of aliphatic hydroxyl groups is 5. The van der Waals surface area contributed by atoms with Gasteiger partial charge >= 0.3 is 0 Å². The molecule has 0 spiro atoms. The number of aromatic nitrogens is 2. The maximum absolute atomic E-state index is 14.8. The maximum Gasteiger partial charge on any atom is 0.227 e. The first-order chi connectivity index (χ1) is 22.0. The first-order valence-electron chi connectivity index (χ1n) is 15.7. The number of hydrogen-bond donors (Lipinski definition) is 5. The Morgan fingerprint density at radius 1 is 0.935 bits per heavy atom. The molecule has 1 amide bonds. The van der Waals surface area contributed by atoms with Crippen LogP contribution in [0.1, 0.15) is 37.7 Å². The molecule has 4 rings (SSSR count). The molecule has 2 aromatic rings. The van der Waals surface area contributed by atoms with Gasteiger partial charge in [0, 0.05) is 63.5 Å². The van der Waals surface area contributed by atoms with Crippen LogP contribution in [0.2, 0.25) is 5.02 Å². The molecule has 0 radical (unpaired) electrons. The summed E-state index contributed by atoms with van der Waals surface area (Å²) in [5, 5.41) is 48.9. The Morgan fingerprint density at radius 3 is 2.15 bits per heavy atom. The smallest absolute Gasteiger partial charge is 0.227 e. The summed E-state index contributed by atoms with van der Waals surface area (Å²) >= 11 is 5.87. The number of unbranched alkanes of at least 4 members (excludes halogenated alkanes) is 1. The van der Waals surface area contributed by atoms with Gasteiger partial charge in [-0.25, -0.2) is 18.7 Å². The van der Waals surface area contributed by atoms with Crippen molar-refractivity contribution in [3.05, 3.63) is 46.7 Å². The molecule has 3 heterocycles. The van der Waals surface area contributed by atoms with Gasteiger partial charge in [0.1, 0.15) is 35.7 Å². The molecule has 12 nitrogen and oxygen atoms in total. The van der Waals surface area contributed by atoms with Crippen LogP contribution in [0, 0.1) is 17.6 Å². The summed E-state index contributed by atoms with van der Waals surface area (Å²) in [6.07, 6.45) is 1.15. The molecular formula is C31H44ClF2N5O7. The maximum atomic E-state index is 14.8. The number of rotatable bonds is 15. The van der Waals surface area contributed by atoms with Crippen molar-refractivity contribution in [3.63, 3.8) is 0 Å². The predicted molar refractivity (Wildman–Crippen MR) is 166 cm³/mol. The van der Waals surface area contributed by atoms with E-state index in [0.717, 1.165) is 57.3 Å². The molecule has 2 aliphatic heterocycles. The Labute approximate surface area is 272 Å². The lowest BCUT2D eigenvalue weighted by molar-refractivity contribution is -0.134. The molecule has 15 heteroatoms. The topological polar surface area (TPSA) is 163 Å². The fraction of sp³-hybridized carbons (Fsp3) is 0.645. The number of β-amino-alcohol motifs (C(OH)–C–C–N with tert-alkyl or cyclic N) is 1. The van der Waals surface area contributed by atoms with Crippen LogP contribution < -0.4 is 9.64 Å². The zero-order valence-electron chi connectivity index (χ0n) is 25.7. The molecule has 5 N–H and O–H groups in total. The van der Waals surface area contributed by atoms with E-state index >= 15 is 0 Å². The number of piperazine rings is 1.